The first-order valence-electron chi connectivity index (χ1n) is 3.56. The van der Waals surface area contributed by atoms with Crippen LogP contribution in [0, 0.1) is 13.8 Å². The normalized spacial score (nSPS) is 10.2. The van der Waals surface area contributed by atoms with E-state index < -0.39 is 5.97 Å². The Bertz CT molecular complexity index is 317. The third-order valence-electron chi connectivity index (χ3n) is 1.81. The Kier molecular flexibility index (Phi) is 2.57. The molecule has 0 unspecified atom stereocenters. The molecule has 66 valence electrons. The van der Waals surface area contributed by atoms with Crippen LogP contribution in [-0.2, 0) is 11.3 Å². The van der Waals surface area contributed by atoms with Gasteiger partial charge in [-0.05, 0) is 35.8 Å². The van der Waals surface area contributed by atoms with E-state index >= 15 is 0 Å². The van der Waals surface area contributed by atoms with Crippen molar-refractivity contribution in [3.63, 3.8) is 0 Å². The van der Waals surface area contributed by atoms with Gasteiger partial charge in [-0.2, -0.15) is 0 Å². The topological polar surface area (TPSA) is 42.2 Å². The average molecular weight is 232 g/mol. The summed E-state index contributed by atoms with van der Waals surface area (Å²) in [5.74, 6) is -0.815. The van der Waals surface area contributed by atoms with Crippen molar-refractivity contribution in [2.24, 2.45) is 0 Å². The number of aliphatic carboxylic acids is 1. The third-order valence-corrected chi connectivity index (χ3v) is 2.61. The lowest BCUT2D eigenvalue weighted by molar-refractivity contribution is -0.137. The Morgan fingerprint density at radius 3 is 2.58 bits per heavy atom. The Morgan fingerprint density at radius 1 is 1.67 bits per heavy atom. The Morgan fingerprint density at radius 2 is 2.25 bits per heavy atom. The minimum absolute atomic E-state index is 0.0310. The van der Waals surface area contributed by atoms with Crippen LogP contribution in [0.5, 0.6) is 0 Å². The number of rotatable bonds is 2. The van der Waals surface area contributed by atoms with E-state index in [1.807, 2.05) is 19.9 Å². The third kappa shape index (κ3) is 1.69. The van der Waals surface area contributed by atoms with E-state index in [0.29, 0.717) is 0 Å². The zero-order valence-electron chi connectivity index (χ0n) is 6.97. The fraction of sp³-hybridized carbons (Fsp3) is 0.375. The summed E-state index contributed by atoms with van der Waals surface area (Å²) in [5, 5.41) is 8.59. The van der Waals surface area contributed by atoms with Crippen molar-refractivity contribution in [1.29, 1.82) is 0 Å². The fourth-order valence-electron chi connectivity index (χ4n) is 1.14. The van der Waals surface area contributed by atoms with Crippen molar-refractivity contribution in [3.05, 3.63) is 21.9 Å². The number of nitrogens with zero attached hydrogens (tertiary/aromatic N) is 1. The molecular formula is C8H10BrNO2. The monoisotopic (exact) mass is 231 g/mol. The van der Waals surface area contributed by atoms with Crippen LogP contribution in [0.3, 0.4) is 0 Å². The zero-order valence-corrected chi connectivity index (χ0v) is 8.55. The van der Waals surface area contributed by atoms with Crippen molar-refractivity contribution < 1.29 is 9.90 Å². The van der Waals surface area contributed by atoms with Gasteiger partial charge >= 0.3 is 5.97 Å². The summed E-state index contributed by atoms with van der Waals surface area (Å²) in [6, 6.07) is 1.91. The number of carboxylic acid groups (broad SMARTS) is 1. The molecule has 0 aliphatic carbocycles. The summed E-state index contributed by atoms with van der Waals surface area (Å²) >= 11 is 3.34. The number of carbonyl (C=O) groups is 1. The quantitative estimate of drug-likeness (QED) is 0.846. The molecule has 0 amide bonds. The summed E-state index contributed by atoms with van der Waals surface area (Å²) in [5.41, 5.74) is 1.91. The molecule has 3 nitrogen and oxygen atoms in total. The van der Waals surface area contributed by atoms with E-state index in [4.69, 9.17) is 5.11 Å². The molecule has 0 aromatic carbocycles. The van der Waals surface area contributed by atoms with Crippen LogP contribution in [0.2, 0.25) is 0 Å². The highest BCUT2D eigenvalue weighted by Gasteiger charge is 2.08. The van der Waals surface area contributed by atoms with Gasteiger partial charge in [-0.3, -0.25) is 4.79 Å². The molecule has 0 bridgehead atoms. The van der Waals surface area contributed by atoms with Gasteiger partial charge in [0, 0.05) is 15.9 Å². The van der Waals surface area contributed by atoms with E-state index in [1.165, 1.54) is 0 Å². The maximum absolute atomic E-state index is 10.4. The van der Waals surface area contributed by atoms with Gasteiger partial charge in [0.15, 0.2) is 0 Å². The van der Waals surface area contributed by atoms with E-state index in [9.17, 15) is 4.79 Å². The van der Waals surface area contributed by atoms with Crippen molar-refractivity contribution in [2.75, 3.05) is 0 Å². The van der Waals surface area contributed by atoms with Gasteiger partial charge in [0.2, 0.25) is 0 Å². The largest absolute Gasteiger partial charge is 0.480 e. The molecule has 1 rings (SSSR count). The first-order valence-corrected chi connectivity index (χ1v) is 4.35. The maximum Gasteiger partial charge on any atom is 0.323 e. The van der Waals surface area contributed by atoms with Crippen molar-refractivity contribution in [2.45, 2.75) is 20.4 Å². The number of carboxylic acids is 1. The lowest BCUT2D eigenvalue weighted by Crippen LogP contribution is -2.11. The molecule has 1 heterocycles. The van der Waals surface area contributed by atoms with E-state index in [2.05, 4.69) is 15.9 Å². The molecule has 0 atom stereocenters. The van der Waals surface area contributed by atoms with E-state index in [0.717, 1.165) is 15.9 Å². The Hall–Kier alpha value is -0.770. The molecule has 0 saturated heterocycles. The lowest BCUT2D eigenvalue weighted by atomic mass is 10.5. The number of halogens is 1. The van der Waals surface area contributed by atoms with Crippen LogP contribution in [0.1, 0.15) is 11.4 Å². The lowest BCUT2D eigenvalue weighted by Gasteiger charge is -2.04. The highest BCUT2D eigenvalue weighted by molar-refractivity contribution is 9.10. The van der Waals surface area contributed by atoms with E-state index in [1.54, 1.807) is 4.57 Å². The highest BCUT2D eigenvalue weighted by Crippen LogP contribution is 2.20. The van der Waals surface area contributed by atoms with E-state index in [-0.39, 0.29) is 6.54 Å². The minimum Gasteiger partial charge on any atom is -0.480 e. The summed E-state index contributed by atoms with van der Waals surface area (Å²) in [7, 11) is 0. The van der Waals surface area contributed by atoms with Gasteiger partial charge < -0.3 is 9.67 Å². The molecule has 4 heteroatoms. The standard InChI is InChI=1S/C8H10BrNO2/c1-5-3-7(9)6(2)10(5)4-8(11)12/h3H,4H2,1-2H3,(H,11,12). The van der Waals surface area contributed by atoms with Crippen LogP contribution in [-0.4, -0.2) is 15.6 Å². The minimum atomic E-state index is -0.815. The van der Waals surface area contributed by atoms with Crippen LogP contribution >= 0.6 is 15.9 Å². The second-order valence-corrected chi connectivity index (χ2v) is 3.55. The molecular weight excluding hydrogens is 222 g/mol. The molecule has 0 aliphatic heterocycles. The summed E-state index contributed by atoms with van der Waals surface area (Å²) < 4.78 is 2.72. The molecule has 1 aromatic heterocycles. The van der Waals surface area contributed by atoms with Gasteiger partial charge in [-0.1, -0.05) is 0 Å². The van der Waals surface area contributed by atoms with Crippen molar-refractivity contribution in [3.8, 4) is 0 Å². The molecule has 12 heavy (non-hydrogen) atoms. The number of aromatic nitrogens is 1. The molecule has 0 saturated carbocycles. The van der Waals surface area contributed by atoms with Gasteiger partial charge in [0.1, 0.15) is 6.54 Å². The summed E-state index contributed by atoms with van der Waals surface area (Å²) in [6.45, 7) is 3.81. The molecule has 0 spiro atoms. The number of hydrogen-bond acceptors (Lipinski definition) is 1. The first kappa shape index (κ1) is 9.32. The van der Waals surface area contributed by atoms with Crippen molar-refractivity contribution in [1.82, 2.24) is 4.57 Å². The van der Waals surface area contributed by atoms with Crippen LogP contribution in [0.15, 0.2) is 10.5 Å². The summed E-state index contributed by atoms with van der Waals surface area (Å²) in [4.78, 5) is 10.4. The summed E-state index contributed by atoms with van der Waals surface area (Å²) in [6.07, 6.45) is 0. The van der Waals surface area contributed by atoms with Gasteiger partial charge in [0.25, 0.3) is 0 Å². The van der Waals surface area contributed by atoms with Crippen LogP contribution in [0.25, 0.3) is 0 Å². The Labute approximate surface area is 79.1 Å². The van der Waals surface area contributed by atoms with Crippen LogP contribution in [0.4, 0.5) is 0 Å². The number of hydrogen-bond donors (Lipinski definition) is 1. The maximum atomic E-state index is 10.4. The SMILES string of the molecule is Cc1cc(Br)c(C)n1CC(=O)O. The molecule has 0 aliphatic rings. The van der Waals surface area contributed by atoms with Crippen molar-refractivity contribution >= 4 is 21.9 Å². The number of aryl methyl sites for hydroxylation is 1. The van der Waals surface area contributed by atoms with Crippen LogP contribution < -0.4 is 0 Å². The fourth-order valence-corrected chi connectivity index (χ4v) is 1.68. The predicted octanol–water partition coefficient (Wildman–Crippen LogP) is 1.95. The molecule has 0 radical (unpaired) electrons. The van der Waals surface area contributed by atoms with Gasteiger partial charge in [-0.15, -0.1) is 0 Å². The highest BCUT2D eigenvalue weighted by atomic mass is 79.9. The molecule has 1 N–H and O–H groups in total. The molecule has 0 fully saturated rings. The second kappa shape index (κ2) is 3.31. The average Bonchev–Trinajstić information content (AvgIpc) is 2.16. The molecule has 1 aromatic rings. The smallest absolute Gasteiger partial charge is 0.323 e. The first-order chi connectivity index (χ1) is 5.52. The van der Waals surface area contributed by atoms with Gasteiger partial charge in [0.05, 0.1) is 0 Å². The zero-order chi connectivity index (χ0) is 9.30. The van der Waals surface area contributed by atoms with Gasteiger partial charge in [-0.25, -0.2) is 0 Å². The second-order valence-electron chi connectivity index (χ2n) is 2.70. The Balaban J connectivity index is 3.05. The predicted molar refractivity (Wildman–Crippen MR) is 49.2 cm³/mol.